The van der Waals surface area contributed by atoms with Gasteiger partial charge in [0, 0.05) is 37.0 Å². The van der Waals surface area contributed by atoms with Crippen molar-refractivity contribution in [1.82, 2.24) is 0 Å². The van der Waals surface area contributed by atoms with E-state index in [9.17, 15) is 13.6 Å². The molecule has 0 unspecified atom stereocenters. The second-order valence-electron chi connectivity index (χ2n) is 9.30. The van der Waals surface area contributed by atoms with Gasteiger partial charge in [0.2, 0.25) is 5.91 Å². The van der Waals surface area contributed by atoms with Crippen LogP contribution in [-0.4, -0.2) is 12.5 Å². The van der Waals surface area contributed by atoms with Gasteiger partial charge in [-0.15, -0.1) is 0 Å². The van der Waals surface area contributed by atoms with Crippen LogP contribution in [0.5, 0.6) is 0 Å². The molecule has 3 saturated carbocycles. The zero-order chi connectivity index (χ0) is 20.3. The lowest BCUT2D eigenvalue weighted by Crippen LogP contribution is -2.53. The minimum Gasteiger partial charge on any atom is -0.367 e. The first kappa shape index (κ1) is 18.6. The van der Waals surface area contributed by atoms with E-state index >= 15 is 0 Å². The fraction of sp³-hybridized carbons (Fsp3) is 0.458. The Morgan fingerprint density at radius 2 is 1.93 bits per heavy atom. The van der Waals surface area contributed by atoms with Crippen LogP contribution in [0, 0.1) is 36.8 Å². The summed E-state index contributed by atoms with van der Waals surface area (Å²) in [4.78, 5) is 14.7. The third-order valence-corrected chi connectivity index (χ3v) is 7.23. The predicted octanol–water partition coefficient (Wildman–Crippen LogP) is 5.27. The van der Waals surface area contributed by atoms with Crippen molar-refractivity contribution in [3.8, 4) is 0 Å². The molecule has 1 amide bonds. The summed E-state index contributed by atoms with van der Waals surface area (Å²) in [5.41, 5.74) is 6.58. The molecule has 3 aliphatic carbocycles. The highest BCUT2D eigenvalue weighted by Gasteiger charge is 2.56. The van der Waals surface area contributed by atoms with E-state index in [0.717, 1.165) is 35.7 Å². The van der Waals surface area contributed by atoms with E-state index in [1.807, 2.05) is 6.92 Å². The molecule has 2 aromatic carbocycles. The Bertz CT molecular complexity index is 999. The van der Waals surface area contributed by atoms with Crippen LogP contribution in [0.2, 0.25) is 0 Å². The zero-order valence-electron chi connectivity index (χ0n) is 16.9. The third kappa shape index (κ3) is 3.11. The van der Waals surface area contributed by atoms with Crippen molar-refractivity contribution in [1.29, 1.82) is 0 Å². The van der Waals surface area contributed by atoms with Crippen molar-refractivity contribution in [2.75, 3.05) is 16.8 Å². The van der Waals surface area contributed by atoms with Gasteiger partial charge in [-0.05, 0) is 85.3 Å². The number of carbonyl (C=O) groups excluding carboxylic acids is 1. The molecule has 0 spiro atoms. The Labute approximate surface area is 170 Å². The number of hydrogen-bond donors (Lipinski definition) is 1. The van der Waals surface area contributed by atoms with Crippen LogP contribution in [0.1, 0.15) is 47.9 Å². The second-order valence-corrected chi connectivity index (χ2v) is 9.30. The molecule has 1 aliphatic heterocycles. The Kier molecular flexibility index (Phi) is 4.19. The molecule has 29 heavy (non-hydrogen) atoms. The number of fused-ring (bicyclic) bond motifs is 1. The number of halogens is 2. The fourth-order valence-corrected chi connectivity index (χ4v) is 5.62. The molecule has 152 valence electrons. The standard InChI is InChI=1S/C24H26F2N2O/c1-14-7-17-13-28(18-3-4-20(25)21(26)8-18)6-5-19(17)15(2)23(14)27-22(29)12-24-9-16(10-24)11-24/h3-4,7-8,16H,5-6,9-13H2,1-2H3,(H,27,29). The number of hydrogen-bond acceptors (Lipinski definition) is 2. The zero-order valence-corrected chi connectivity index (χ0v) is 16.9. The van der Waals surface area contributed by atoms with Gasteiger partial charge in [-0.3, -0.25) is 4.79 Å². The van der Waals surface area contributed by atoms with Gasteiger partial charge in [0.05, 0.1) is 0 Å². The highest BCUT2D eigenvalue weighted by Crippen LogP contribution is 2.66. The molecule has 1 N–H and O–H groups in total. The minimum absolute atomic E-state index is 0.133. The maximum atomic E-state index is 13.6. The van der Waals surface area contributed by atoms with Gasteiger partial charge in [0.15, 0.2) is 11.6 Å². The van der Waals surface area contributed by atoms with Crippen molar-refractivity contribution in [3.05, 3.63) is 58.2 Å². The average molecular weight is 396 g/mol. The van der Waals surface area contributed by atoms with Gasteiger partial charge in [-0.25, -0.2) is 8.78 Å². The van der Waals surface area contributed by atoms with Crippen molar-refractivity contribution in [3.63, 3.8) is 0 Å². The molecule has 3 nitrogen and oxygen atoms in total. The van der Waals surface area contributed by atoms with E-state index in [0.29, 0.717) is 24.1 Å². The Morgan fingerprint density at radius 1 is 1.17 bits per heavy atom. The molecule has 0 radical (unpaired) electrons. The quantitative estimate of drug-likeness (QED) is 0.763. The lowest BCUT2D eigenvalue weighted by atomic mass is 9.43. The van der Waals surface area contributed by atoms with Gasteiger partial charge in [0.1, 0.15) is 0 Å². The topological polar surface area (TPSA) is 32.3 Å². The number of rotatable bonds is 4. The number of amides is 1. The predicted molar refractivity (Wildman–Crippen MR) is 110 cm³/mol. The van der Waals surface area contributed by atoms with E-state index in [1.165, 1.54) is 42.5 Å². The highest BCUT2D eigenvalue weighted by atomic mass is 19.2. The van der Waals surface area contributed by atoms with Crippen LogP contribution < -0.4 is 10.2 Å². The Hall–Kier alpha value is -2.43. The monoisotopic (exact) mass is 396 g/mol. The lowest BCUT2D eigenvalue weighted by Gasteiger charge is -2.61. The summed E-state index contributed by atoms with van der Waals surface area (Å²) in [6.07, 6.45) is 5.13. The SMILES string of the molecule is Cc1cc2c(c(C)c1NC(=O)CC13CC(C1)C3)CCN(c1ccc(F)c(F)c1)C2. The van der Waals surface area contributed by atoms with Gasteiger partial charge in [0.25, 0.3) is 0 Å². The molecule has 5 heteroatoms. The summed E-state index contributed by atoms with van der Waals surface area (Å²) in [6.45, 7) is 5.50. The number of carbonyl (C=O) groups is 1. The van der Waals surface area contributed by atoms with Crippen LogP contribution in [0.3, 0.4) is 0 Å². The largest absolute Gasteiger partial charge is 0.367 e. The van der Waals surface area contributed by atoms with Crippen molar-refractivity contribution >= 4 is 17.3 Å². The average Bonchev–Trinajstić information content (AvgIpc) is 2.62. The number of nitrogens with zero attached hydrogens (tertiary/aromatic N) is 1. The van der Waals surface area contributed by atoms with E-state index in [-0.39, 0.29) is 5.91 Å². The summed E-state index contributed by atoms with van der Waals surface area (Å²) >= 11 is 0. The smallest absolute Gasteiger partial charge is 0.224 e. The molecule has 4 aliphatic rings. The summed E-state index contributed by atoms with van der Waals surface area (Å²) in [7, 11) is 0. The van der Waals surface area contributed by atoms with Crippen molar-refractivity contribution < 1.29 is 13.6 Å². The first-order valence-electron chi connectivity index (χ1n) is 10.5. The molecule has 0 aromatic heterocycles. The van der Waals surface area contributed by atoms with Crippen LogP contribution in [0.15, 0.2) is 24.3 Å². The second kappa shape index (κ2) is 6.54. The summed E-state index contributed by atoms with van der Waals surface area (Å²) < 4.78 is 26.9. The Morgan fingerprint density at radius 3 is 2.59 bits per heavy atom. The minimum atomic E-state index is -0.822. The number of benzene rings is 2. The van der Waals surface area contributed by atoms with Gasteiger partial charge >= 0.3 is 0 Å². The molecule has 1 heterocycles. The summed E-state index contributed by atoms with van der Waals surface area (Å²) in [6, 6.07) is 6.20. The highest BCUT2D eigenvalue weighted by molar-refractivity contribution is 5.93. The lowest BCUT2D eigenvalue weighted by molar-refractivity contribution is -0.139. The van der Waals surface area contributed by atoms with Crippen molar-refractivity contribution in [2.24, 2.45) is 11.3 Å². The van der Waals surface area contributed by atoms with Crippen LogP contribution >= 0.6 is 0 Å². The summed E-state index contributed by atoms with van der Waals surface area (Å²) in [5.74, 6) is -0.624. The maximum absolute atomic E-state index is 13.6. The van der Waals surface area contributed by atoms with Gasteiger partial charge in [-0.1, -0.05) is 6.07 Å². The maximum Gasteiger partial charge on any atom is 0.224 e. The fourth-order valence-electron chi connectivity index (χ4n) is 5.62. The van der Waals surface area contributed by atoms with Gasteiger partial charge < -0.3 is 10.2 Å². The van der Waals surface area contributed by atoms with Gasteiger partial charge in [-0.2, -0.15) is 0 Å². The van der Waals surface area contributed by atoms with E-state index in [1.54, 1.807) is 6.07 Å². The molecule has 2 bridgehead atoms. The van der Waals surface area contributed by atoms with E-state index < -0.39 is 11.6 Å². The number of aryl methyl sites for hydroxylation is 1. The third-order valence-electron chi connectivity index (χ3n) is 7.23. The van der Waals surface area contributed by atoms with E-state index in [2.05, 4.69) is 23.2 Å². The molecule has 0 saturated heterocycles. The first-order chi connectivity index (χ1) is 13.8. The normalized spacial score (nSPS) is 24.4. The van der Waals surface area contributed by atoms with Crippen molar-refractivity contribution in [2.45, 2.75) is 52.5 Å². The number of anilines is 2. The summed E-state index contributed by atoms with van der Waals surface area (Å²) in [5, 5.41) is 3.19. The molecule has 0 atom stereocenters. The molecule has 2 aromatic rings. The number of nitrogens with one attached hydrogen (secondary N) is 1. The van der Waals surface area contributed by atoms with E-state index in [4.69, 9.17) is 0 Å². The van der Waals surface area contributed by atoms with Crippen LogP contribution in [0.25, 0.3) is 0 Å². The first-order valence-corrected chi connectivity index (χ1v) is 10.5. The molecule has 3 fully saturated rings. The Balaban J connectivity index is 1.35. The molecule has 6 rings (SSSR count). The van der Waals surface area contributed by atoms with Crippen LogP contribution in [0.4, 0.5) is 20.2 Å². The van der Waals surface area contributed by atoms with Crippen LogP contribution in [-0.2, 0) is 17.8 Å². The molecular formula is C24H26F2N2O. The molecular weight excluding hydrogens is 370 g/mol.